The van der Waals surface area contributed by atoms with Gasteiger partial charge in [0.25, 0.3) is 0 Å². The van der Waals surface area contributed by atoms with E-state index in [0.717, 1.165) is 24.8 Å². The van der Waals surface area contributed by atoms with Gasteiger partial charge in [0.1, 0.15) is 12.2 Å². The molecule has 1 fully saturated rings. The smallest absolute Gasteiger partial charge is 0.138 e. The van der Waals surface area contributed by atoms with E-state index < -0.39 is 0 Å². The molecule has 0 aliphatic heterocycles. The second-order valence-corrected chi connectivity index (χ2v) is 4.29. The van der Waals surface area contributed by atoms with Gasteiger partial charge in [-0.3, -0.25) is 4.68 Å². The van der Waals surface area contributed by atoms with Crippen molar-refractivity contribution >= 4 is 0 Å². The Morgan fingerprint density at radius 2 is 2.43 bits per heavy atom. The molecule has 1 atom stereocenters. The van der Waals surface area contributed by atoms with Crippen LogP contribution in [0.15, 0.2) is 6.33 Å². The highest BCUT2D eigenvalue weighted by atomic mass is 15.3. The maximum atomic E-state index is 4.22. The summed E-state index contributed by atoms with van der Waals surface area (Å²) in [6.07, 6.45) is 5.35. The van der Waals surface area contributed by atoms with Gasteiger partial charge in [-0.15, -0.1) is 0 Å². The molecule has 1 saturated carbocycles. The van der Waals surface area contributed by atoms with E-state index in [4.69, 9.17) is 0 Å². The lowest BCUT2D eigenvalue weighted by Crippen LogP contribution is -2.25. The number of aryl methyl sites for hydroxylation is 1. The van der Waals surface area contributed by atoms with Crippen molar-refractivity contribution in [1.82, 2.24) is 20.1 Å². The van der Waals surface area contributed by atoms with Crippen molar-refractivity contribution in [2.75, 3.05) is 6.54 Å². The first kappa shape index (κ1) is 9.65. The fraction of sp³-hybridized carbons (Fsp3) is 0.800. The fourth-order valence-electron chi connectivity index (χ4n) is 1.54. The largest absolute Gasteiger partial charge is 0.314 e. The minimum atomic E-state index is 0.638. The summed E-state index contributed by atoms with van der Waals surface area (Å²) in [7, 11) is 1.95. The topological polar surface area (TPSA) is 42.7 Å². The van der Waals surface area contributed by atoms with E-state index in [-0.39, 0.29) is 0 Å². The minimum Gasteiger partial charge on any atom is -0.314 e. The molecule has 0 amide bonds. The van der Waals surface area contributed by atoms with Gasteiger partial charge in [0.2, 0.25) is 0 Å². The summed E-state index contributed by atoms with van der Waals surface area (Å²) in [6.45, 7) is 3.35. The number of hydrogen-bond acceptors (Lipinski definition) is 3. The zero-order valence-corrected chi connectivity index (χ0v) is 8.90. The minimum absolute atomic E-state index is 0.638. The molecule has 0 radical (unpaired) electrons. The van der Waals surface area contributed by atoms with Gasteiger partial charge in [-0.25, -0.2) is 4.98 Å². The molecule has 0 saturated heterocycles. The third-order valence-corrected chi connectivity index (χ3v) is 2.67. The van der Waals surface area contributed by atoms with Crippen LogP contribution in [0.5, 0.6) is 0 Å². The van der Waals surface area contributed by atoms with Crippen molar-refractivity contribution in [2.24, 2.45) is 13.0 Å². The number of rotatable bonds is 5. The van der Waals surface area contributed by atoms with Crippen LogP contribution < -0.4 is 5.32 Å². The van der Waals surface area contributed by atoms with Crippen molar-refractivity contribution in [1.29, 1.82) is 0 Å². The van der Waals surface area contributed by atoms with Gasteiger partial charge in [0.05, 0.1) is 0 Å². The SMILES string of the molecule is CC(CNC1CC1)Cc1ncnn1C. The molecule has 1 aromatic heterocycles. The quantitative estimate of drug-likeness (QED) is 0.752. The van der Waals surface area contributed by atoms with E-state index in [1.165, 1.54) is 12.8 Å². The number of aromatic nitrogens is 3. The Labute approximate surface area is 84.7 Å². The molecule has 0 spiro atoms. The van der Waals surface area contributed by atoms with Crippen molar-refractivity contribution < 1.29 is 0 Å². The summed E-state index contributed by atoms with van der Waals surface area (Å²) < 4.78 is 1.85. The van der Waals surface area contributed by atoms with Gasteiger partial charge in [-0.2, -0.15) is 5.10 Å². The van der Waals surface area contributed by atoms with Crippen LogP contribution in [0.4, 0.5) is 0 Å². The van der Waals surface area contributed by atoms with Gasteiger partial charge in [-0.05, 0) is 25.3 Å². The predicted octanol–water partition coefficient (Wildman–Crippen LogP) is 0.746. The van der Waals surface area contributed by atoms with Crippen molar-refractivity contribution in [2.45, 2.75) is 32.2 Å². The van der Waals surface area contributed by atoms with Crippen LogP contribution in [0.1, 0.15) is 25.6 Å². The molecule has 78 valence electrons. The van der Waals surface area contributed by atoms with E-state index in [9.17, 15) is 0 Å². The summed E-state index contributed by atoms with van der Waals surface area (Å²) in [5.41, 5.74) is 0. The average Bonchev–Trinajstić information content (AvgIpc) is 2.90. The predicted molar refractivity (Wildman–Crippen MR) is 54.9 cm³/mol. The van der Waals surface area contributed by atoms with Gasteiger partial charge in [0.15, 0.2) is 0 Å². The first-order valence-corrected chi connectivity index (χ1v) is 5.32. The second-order valence-electron chi connectivity index (χ2n) is 4.29. The molecule has 0 bridgehead atoms. The van der Waals surface area contributed by atoms with Crippen LogP contribution in [0.25, 0.3) is 0 Å². The number of hydrogen-bond donors (Lipinski definition) is 1. The molecule has 1 heterocycles. The fourth-order valence-corrected chi connectivity index (χ4v) is 1.54. The Morgan fingerprint density at radius 3 is 3.00 bits per heavy atom. The Hall–Kier alpha value is -0.900. The average molecular weight is 194 g/mol. The molecule has 1 aliphatic rings. The van der Waals surface area contributed by atoms with Gasteiger partial charge in [-0.1, -0.05) is 6.92 Å². The second kappa shape index (κ2) is 4.09. The molecule has 1 unspecified atom stereocenters. The molecule has 14 heavy (non-hydrogen) atoms. The number of nitrogens with one attached hydrogen (secondary N) is 1. The Morgan fingerprint density at radius 1 is 1.64 bits per heavy atom. The molecule has 1 aromatic rings. The highest BCUT2D eigenvalue weighted by Crippen LogP contribution is 2.19. The van der Waals surface area contributed by atoms with Crippen LogP contribution in [0.2, 0.25) is 0 Å². The zero-order chi connectivity index (χ0) is 9.97. The van der Waals surface area contributed by atoms with Crippen molar-refractivity contribution in [3.8, 4) is 0 Å². The van der Waals surface area contributed by atoms with Gasteiger partial charge in [0, 0.05) is 19.5 Å². The van der Waals surface area contributed by atoms with Crippen LogP contribution in [0, 0.1) is 5.92 Å². The standard InChI is InChI=1S/C10H18N4/c1-8(6-11-9-3-4-9)5-10-12-7-13-14(10)2/h7-9,11H,3-6H2,1-2H3. The third-order valence-electron chi connectivity index (χ3n) is 2.67. The van der Waals surface area contributed by atoms with E-state index >= 15 is 0 Å². The zero-order valence-electron chi connectivity index (χ0n) is 8.90. The maximum absolute atomic E-state index is 4.22. The van der Waals surface area contributed by atoms with E-state index in [1.807, 2.05) is 11.7 Å². The Kier molecular flexibility index (Phi) is 2.82. The lowest BCUT2D eigenvalue weighted by Gasteiger charge is -2.11. The van der Waals surface area contributed by atoms with Gasteiger partial charge >= 0.3 is 0 Å². The molecule has 1 aliphatic carbocycles. The summed E-state index contributed by atoms with van der Waals surface area (Å²) >= 11 is 0. The van der Waals surface area contributed by atoms with Crippen molar-refractivity contribution in [3.63, 3.8) is 0 Å². The van der Waals surface area contributed by atoms with Crippen LogP contribution >= 0.6 is 0 Å². The summed E-state index contributed by atoms with van der Waals surface area (Å²) in [5.74, 6) is 1.72. The lowest BCUT2D eigenvalue weighted by molar-refractivity contribution is 0.488. The van der Waals surface area contributed by atoms with Gasteiger partial charge < -0.3 is 5.32 Å². The van der Waals surface area contributed by atoms with Crippen LogP contribution in [-0.2, 0) is 13.5 Å². The molecule has 1 N–H and O–H groups in total. The molecular formula is C10H18N4. The highest BCUT2D eigenvalue weighted by molar-refractivity contribution is 4.87. The molecule has 0 aromatic carbocycles. The molecule has 2 rings (SSSR count). The molecule has 4 nitrogen and oxygen atoms in total. The normalized spacial score (nSPS) is 18.4. The third kappa shape index (κ3) is 2.54. The first-order chi connectivity index (χ1) is 6.75. The summed E-state index contributed by atoms with van der Waals surface area (Å²) in [5, 5.41) is 7.59. The Balaban J connectivity index is 1.75. The summed E-state index contributed by atoms with van der Waals surface area (Å²) in [6, 6.07) is 0.803. The summed E-state index contributed by atoms with van der Waals surface area (Å²) in [4.78, 5) is 4.22. The highest BCUT2D eigenvalue weighted by Gasteiger charge is 2.21. The van der Waals surface area contributed by atoms with E-state index in [2.05, 4.69) is 22.3 Å². The maximum Gasteiger partial charge on any atom is 0.138 e. The van der Waals surface area contributed by atoms with Crippen LogP contribution in [0.3, 0.4) is 0 Å². The number of nitrogens with zero attached hydrogens (tertiary/aromatic N) is 3. The van der Waals surface area contributed by atoms with Crippen molar-refractivity contribution in [3.05, 3.63) is 12.2 Å². The monoisotopic (exact) mass is 194 g/mol. The Bertz CT molecular complexity index is 290. The first-order valence-electron chi connectivity index (χ1n) is 5.32. The van der Waals surface area contributed by atoms with E-state index in [0.29, 0.717) is 5.92 Å². The lowest BCUT2D eigenvalue weighted by atomic mass is 10.1. The van der Waals surface area contributed by atoms with E-state index in [1.54, 1.807) is 6.33 Å². The molecule has 4 heteroatoms. The van der Waals surface area contributed by atoms with Crippen LogP contribution in [-0.4, -0.2) is 27.4 Å². The molecular weight excluding hydrogens is 176 g/mol.